The summed E-state index contributed by atoms with van der Waals surface area (Å²) in [5.41, 5.74) is 1.13. The number of alkyl halides is 1. The third kappa shape index (κ3) is 5.31. The fourth-order valence-corrected chi connectivity index (χ4v) is 2.01. The lowest BCUT2D eigenvalue weighted by Crippen LogP contribution is -2.30. The average molecular weight is 299 g/mol. The van der Waals surface area contributed by atoms with Crippen LogP contribution in [0.5, 0.6) is 0 Å². The van der Waals surface area contributed by atoms with E-state index in [0.717, 1.165) is 30.3 Å². The Balaban J connectivity index is 2.45. The summed E-state index contributed by atoms with van der Waals surface area (Å²) in [4.78, 5) is 17.8. The first-order valence-corrected chi connectivity index (χ1v) is 7.12. The van der Waals surface area contributed by atoms with Crippen molar-refractivity contribution in [2.45, 2.75) is 32.7 Å². The maximum atomic E-state index is 11.9. The van der Waals surface area contributed by atoms with Crippen LogP contribution in [0, 0.1) is 0 Å². The maximum absolute atomic E-state index is 11.9. The molecule has 94 valence electrons. The zero-order valence-corrected chi connectivity index (χ0v) is 11.8. The van der Waals surface area contributed by atoms with Crippen LogP contribution in [0.4, 0.5) is 0 Å². The summed E-state index contributed by atoms with van der Waals surface area (Å²) >= 11 is 3.38. The summed E-state index contributed by atoms with van der Waals surface area (Å²) in [6.45, 7) is 3.46. The molecule has 0 unspecified atom stereocenters. The van der Waals surface area contributed by atoms with Gasteiger partial charge in [-0.25, -0.2) is 0 Å². The number of pyridine rings is 1. The SMILES string of the molecule is CCN(Cc1ccncc1)C(=O)CCCCBr. The van der Waals surface area contributed by atoms with Crippen LogP contribution < -0.4 is 0 Å². The molecule has 17 heavy (non-hydrogen) atoms. The van der Waals surface area contributed by atoms with Gasteiger partial charge in [-0.15, -0.1) is 0 Å². The average Bonchev–Trinajstić information content (AvgIpc) is 2.37. The first kappa shape index (κ1) is 14.2. The van der Waals surface area contributed by atoms with Crippen LogP contribution in [0.25, 0.3) is 0 Å². The van der Waals surface area contributed by atoms with Crippen LogP contribution in [0.1, 0.15) is 31.7 Å². The molecule has 0 aliphatic heterocycles. The lowest BCUT2D eigenvalue weighted by atomic mass is 10.2. The molecule has 1 aromatic heterocycles. The highest BCUT2D eigenvalue weighted by Crippen LogP contribution is 2.07. The van der Waals surface area contributed by atoms with E-state index in [1.165, 1.54) is 0 Å². The largest absolute Gasteiger partial charge is 0.339 e. The Bertz CT molecular complexity index is 329. The Hall–Kier alpha value is -0.900. The predicted octanol–water partition coefficient (Wildman–Crippen LogP) is 3.00. The van der Waals surface area contributed by atoms with Gasteiger partial charge in [-0.2, -0.15) is 0 Å². The van der Waals surface area contributed by atoms with E-state index in [0.29, 0.717) is 13.0 Å². The molecule has 1 heterocycles. The zero-order chi connectivity index (χ0) is 12.5. The van der Waals surface area contributed by atoms with Crippen LogP contribution >= 0.6 is 15.9 Å². The summed E-state index contributed by atoms with van der Waals surface area (Å²) in [5.74, 6) is 0.241. The number of amides is 1. The van der Waals surface area contributed by atoms with Crippen LogP contribution in [0.3, 0.4) is 0 Å². The Labute approximate surface area is 111 Å². The summed E-state index contributed by atoms with van der Waals surface area (Å²) < 4.78 is 0. The van der Waals surface area contributed by atoms with E-state index in [2.05, 4.69) is 20.9 Å². The molecule has 1 aromatic rings. The molecule has 0 bridgehead atoms. The molecule has 0 saturated carbocycles. The van der Waals surface area contributed by atoms with Gasteiger partial charge in [0.05, 0.1) is 0 Å². The second kappa shape index (κ2) is 8.23. The number of carbonyl (C=O) groups is 1. The topological polar surface area (TPSA) is 33.2 Å². The summed E-state index contributed by atoms with van der Waals surface area (Å²) in [6, 6.07) is 3.91. The van der Waals surface area contributed by atoms with E-state index in [1.807, 2.05) is 24.0 Å². The number of rotatable bonds is 7. The van der Waals surface area contributed by atoms with Crippen molar-refractivity contribution in [2.75, 3.05) is 11.9 Å². The number of hydrogen-bond acceptors (Lipinski definition) is 2. The van der Waals surface area contributed by atoms with Crippen molar-refractivity contribution in [2.24, 2.45) is 0 Å². The van der Waals surface area contributed by atoms with Gasteiger partial charge in [-0.05, 0) is 37.5 Å². The Morgan fingerprint density at radius 2 is 2.06 bits per heavy atom. The van der Waals surface area contributed by atoms with Crippen molar-refractivity contribution in [1.82, 2.24) is 9.88 Å². The van der Waals surface area contributed by atoms with E-state index < -0.39 is 0 Å². The number of nitrogens with zero attached hydrogens (tertiary/aromatic N) is 2. The number of hydrogen-bond donors (Lipinski definition) is 0. The van der Waals surface area contributed by atoms with Gasteiger partial charge in [-0.1, -0.05) is 15.9 Å². The van der Waals surface area contributed by atoms with Gasteiger partial charge in [0.15, 0.2) is 0 Å². The monoisotopic (exact) mass is 298 g/mol. The van der Waals surface area contributed by atoms with Gasteiger partial charge < -0.3 is 4.90 Å². The molecule has 4 heteroatoms. The quantitative estimate of drug-likeness (QED) is 0.573. The van der Waals surface area contributed by atoms with E-state index in [9.17, 15) is 4.79 Å². The summed E-state index contributed by atoms with van der Waals surface area (Å²) in [7, 11) is 0. The molecule has 1 amide bonds. The third-order valence-electron chi connectivity index (χ3n) is 2.63. The minimum Gasteiger partial charge on any atom is -0.339 e. The van der Waals surface area contributed by atoms with E-state index in [-0.39, 0.29) is 5.91 Å². The number of halogens is 1. The van der Waals surface area contributed by atoms with Gasteiger partial charge in [0, 0.05) is 37.2 Å². The van der Waals surface area contributed by atoms with Gasteiger partial charge in [-0.3, -0.25) is 9.78 Å². The smallest absolute Gasteiger partial charge is 0.222 e. The first-order chi connectivity index (χ1) is 8.27. The van der Waals surface area contributed by atoms with Crippen LogP contribution in [0.15, 0.2) is 24.5 Å². The zero-order valence-electron chi connectivity index (χ0n) is 10.2. The number of unbranched alkanes of at least 4 members (excludes halogenated alkanes) is 1. The van der Waals surface area contributed by atoms with Crippen molar-refractivity contribution in [3.63, 3.8) is 0 Å². The second-order valence-corrected chi connectivity index (χ2v) is 4.70. The lowest BCUT2D eigenvalue weighted by molar-refractivity contribution is -0.131. The molecule has 3 nitrogen and oxygen atoms in total. The highest BCUT2D eigenvalue weighted by molar-refractivity contribution is 9.09. The van der Waals surface area contributed by atoms with E-state index in [1.54, 1.807) is 12.4 Å². The van der Waals surface area contributed by atoms with Gasteiger partial charge in [0.1, 0.15) is 0 Å². The van der Waals surface area contributed by atoms with Crippen molar-refractivity contribution < 1.29 is 4.79 Å². The lowest BCUT2D eigenvalue weighted by Gasteiger charge is -2.20. The molecule has 1 rings (SSSR count). The molecule has 0 atom stereocenters. The number of aromatic nitrogens is 1. The standard InChI is InChI=1S/C13H19BrN2O/c1-2-16(13(17)5-3-4-8-14)11-12-6-9-15-10-7-12/h6-7,9-10H,2-5,8,11H2,1H3. The summed E-state index contributed by atoms with van der Waals surface area (Å²) in [6.07, 6.45) is 6.18. The summed E-state index contributed by atoms with van der Waals surface area (Å²) in [5, 5.41) is 0.969. The van der Waals surface area contributed by atoms with Crippen molar-refractivity contribution >= 4 is 21.8 Å². The normalized spacial score (nSPS) is 10.2. The van der Waals surface area contributed by atoms with Crippen molar-refractivity contribution in [1.29, 1.82) is 0 Å². The second-order valence-electron chi connectivity index (χ2n) is 3.91. The fourth-order valence-electron chi connectivity index (χ4n) is 1.61. The first-order valence-electron chi connectivity index (χ1n) is 6.00. The molecule has 0 aromatic carbocycles. The molecule has 0 saturated heterocycles. The van der Waals surface area contributed by atoms with Gasteiger partial charge >= 0.3 is 0 Å². The van der Waals surface area contributed by atoms with E-state index in [4.69, 9.17) is 0 Å². The van der Waals surface area contributed by atoms with Crippen molar-refractivity contribution in [3.05, 3.63) is 30.1 Å². The van der Waals surface area contributed by atoms with Gasteiger partial charge in [0.2, 0.25) is 5.91 Å². The Morgan fingerprint density at radius 1 is 1.35 bits per heavy atom. The van der Waals surface area contributed by atoms with Crippen LogP contribution in [-0.2, 0) is 11.3 Å². The minimum atomic E-state index is 0.241. The highest BCUT2D eigenvalue weighted by atomic mass is 79.9. The van der Waals surface area contributed by atoms with Crippen molar-refractivity contribution in [3.8, 4) is 0 Å². The van der Waals surface area contributed by atoms with Gasteiger partial charge in [0.25, 0.3) is 0 Å². The molecule has 0 radical (unpaired) electrons. The maximum Gasteiger partial charge on any atom is 0.222 e. The minimum absolute atomic E-state index is 0.241. The number of carbonyl (C=O) groups excluding carboxylic acids is 1. The molecule has 0 spiro atoms. The fraction of sp³-hybridized carbons (Fsp3) is 0.538. The predicted molar refractivity (Wildman–Crippen MR) is 73.0 cm³/mol. The highest BCUT2D eigenvalue weighted by Gasteiger charge is 2.11. The Kier molecular flexibility index (Phi) is 6.86. The molecule has 0 N–H and O–H groups in total. The molecule has 0 aliphatic rings. The molecule has 0 aliphatic carbocycles. The molecular weight excluding hydrogens is 280 g/mol. The molecular formula is C13H19BrN2O. The molecule has 0 fully saturated rings. The van der Waals surface area contributed by atoms with Crippen LogP contribution in [0.2, 0.25) is 0 Å². The van der Waals surface area contributed by atoms with Crippen LogP contribution in [-0.4, -0.2) is 27.7 Å². The van der Waals surface area contributed by atoms with E-state index >= 15 is 0 Å². The third-order valence-corrected chi connectivity index (χ3v) is 3.19. The Morgan fingerprint density at radius 3 is 2.65 bits per heavy atom.